The van der Waals surface area contributed by atoms with Gasteiger partial charge in [-0.05, 0) is 101 Å². The molecule has 19 N–H and O–H groups in total. The number of aliphatic carboxylic acids is 1. The number of imidazole rings is 1. The highest BCUT2D eigenvalue weighted by Gasteiger charge is 2.38. The maximum Gasteiger partial charge on any atom is 0.303 e. The van der Waals surface area contributed by atoms with Crippen molar-refractivity contribution in [3.63, 3.8) is 0 Å². The van der Waals surface area contributed by atoms with Crippen LogP contribution in [-0.2, 0) is 76.8 Å². The molecule has 0 saturated heterocycles. The minimum Gasteiger partial charge on any atom is -0.481 e. The maximum atomic E-state index is 14.9. The number of aliphatic hydroxyl groups is 1. The third-order valence-corrected chi connectivity index (χ3v) is 17.6. The predicted octanol–water partition coefficient (Wildman–Crippen LogP) is -1.77. The van der Waals surface area contributed by atoms with Crippen molar-refractivity contribution in [3.05, 3.63) is 125 Å². The van der Waals surface area contributed by atoms with Crippen LogP contribution in [0.5, 0.6) is 0 Å². The van der Waals surface area contributed by atoms with Gasteiger partial charge in [-0.3, -0.25) is 71.9 Å². The van der Waals surface area contributed by atoms with Gasteiger partial charge in [0.1, 0.15) is 66.5 Å². The summed E-state index contributed by atoms with van der Waals surface area (Å²) in [7, 11) is 0. The van der Waals surface area contributed by atoms with Gasteiger partial charge in [-0.1, -0.05) is 82.1 Å². The smallest absolute Gasteiger partial charge is 0.303 e. The van der Waals surface area contributed by atoms with Crippen molar-refractivity contribution in [1.82, 2.24) is 84.1 Å². The van der Waals surface area contributed by atoms with E-state index in [1.807, 2.05) is 6.92 Å². The molecule has 0 fully saturated rings. The Kier molecular flexibility index (Phi) is 29.7. The summed E-state index contributed by atoms with van der Waals surface area (Å²) >= 11 is 0. The van der Waals surface area contributed by atoms with Crippen molar-refractivity contribution >= 4 is 99.6 Å². The number of nitrogens with two attached hydrogens (primary N) is 1. The van der Waals surface area contributed by atoms with Crippen molar-refractivity contribution in [1.29, 1.82) is 0 Å². The Morgan fingerprint density at radius 2 is 1.10 bits per heavy atom. The maximum absolute atomic E-state index is 14.9. The molecule has 34 heteroatoms. The highest BCUT2D eigenvalue weighted by molar-refractivity contribution is 6.06. The van der Waals surface area contributed by atoms with Gasteiger partial charge in [-0.15, -0.1) is 0 Å². The number of nitrogens with zero attached hydrogens (tertiary/aromatic N) is 1. The molecule has 0 radical (unpaired) electrons. The second-order valence-electron chi connectivity index (χ2n) is 26.5. The summed E-state index contributed by atoms with van der Waals surface area (Å²) in [5.74, 6) is -15.8. The molecule has 2 aliphatic rings. The van der Waals surface area contributed by atoms with Gasteiger partial charge in [0.25, 0.3) is 17.7 Å². The molecule has 12 atom stereocenters. The first-order chi connectivity index (χ1) is 50.0. The molecule has 0 aliphatic carbocycles. The molecule has 7 rings (SSSR count). The van der Waals surface area contributed by atoms with E-state index in [9.17, 15) is 82.1 Å². The molecular weight excluding hydrogens is 1360 g/mol. The minimum absolute atomic E-state index is 0.00781. The third kappa shape index (κ3) is 24.0. The third-order valence-electron chi connectivity index (χ3n) is 17.6. The zero-order chi connectivity index (χ0) is 76.6. The number of amides is 14. The van der Waals surface area contributed by atoms with Crippen LogP contribution in [0, 0.1) is 5.92 Å². The van der Waals surface area contributed by atoms with Gasteiger partial charge in [0.05, 0.1) is 18.1 Å². The Labute approximate surface area is 604 Å². The van der Waals surface area contributed by atoms with Crippen LogP contribution in [0.15, 0.2) is 91.5 Å². The van der Waals surface area contributed by atoms with Crippen LogP contribution in [-0.4, -0.2) is 199 Å². The molecule has 105 heavy (non-hydrogen) atoms. The molecule has 0 spiro atoms. The number of aromatic nitrogens is 3. The van der Waals surface area contributed by atoms with E-state index in [1.165, 1.54) is 26.4 Å². The quantitative estimate of drug-likeness (QED) is 0.0520. The Balaban J connectivity index is 1.35. The van der Waals surface area contributed by atoms with Gasteiger partial charge in [0.15, 0.2) is 0 Å². The Morgan fingerprint density at radius 1 is 0.552 bits per heavy atom. The zero-order valence-electron chi connectivity index (χ0n) is 59.1. The van der Waals surface area contributed by atoms with E-state index in [4.69, 9.17) is 5.73 Å². The highest BCUT2D eigenvalue weighted by atomic mass is 16.4. The number of rotatable bonds is 16. The summed E-state index contributed by atoms with van der Waals surface area (Å²) in [5.41, 5.74) is 6.60. The van der Waals surface area contributed by atoms with E-state index in [1.54, 1.807) is 74.6 Å². The molecule has 14 amide bonds. The van der Waals surface area contributed by atoms with Crippen LogP contribution in [0.4, 0.5) is 0 Å². The van der Waals surface area contributed by atoms with E-state index in [0.717, 1.165) is 25.1 Å². The molecule has 4 heterocycles. The van der Waals surface area contributed by atoms with Crippen molar-refractivity contribution < 1.29 is 82.1 Å². The van der Waals surface area contributed by atoms with E-state index in [2.05, 4.69) is 84.1 Å². The van der Waals surface area contributed by atoms with Crippen LogP contribution in [0.2, 0.25) is 0 Å². The van der Waals surface area contributed by atoms with Crippen LogP contribution < -0.4 is 74.9 Å². The fraction of sp³-hybridized carbons (Fsp3) is 0.465. The number of benzene rings is 3. The monoisotopic (exact) mass is 1460 g/mol. The summed E-state index contributed by atoms with van der Waals surface area (Å²) in [6.45, 7) is 8.11. The summed E-state index contributed by atoms with van der Waals surface area (Å²) in [6, 6.07) is 1.09. The number of hydrogen-bond donors (Lipinski definition) is 18. The fourth-order valence-electron chi connectivity index (χ4n) is 11.7. The Bertz CT molecular complexity index is 3980. The van der Waals surface area contributed by atoms with Crippen molar-refractivity contribution in [3.8, 4) is 0 Å². The van der Waals surface area contributed by atoms with Crippen molar-refractivity contribution in [2.75, 3.05) is 13.1 Å². The predicted molar refractivity (Wildman–Crippen MR) is 378 cm³/mol. The van der Waals surface area contributed by atoms with Crippen LogP contribution in [0.3, 0.4) is 0 Å². The van der Waals surface area contributed by atoms with Crippen molar-refractivity contribution in [2.45, 2.75) is 191 Å². The molecular formula is C71H93N17O17. The average molecular weight is 1460 g/mol. The number of unbranched alkanes of at least 4 members (excludes halogenated alkanes) is 1. The van der Waals surface area contributed by atoms with Gasteiger partial charge >= 0.3 is 5.97 Å². The van der Waals surface area contributed by atoms with E-state index in [-0.39, 0.29) is 86.2 Å². The van der Waals surface area contributed by atoms with Crippen molar-refractivity contribution in [2.24, 2.45) is 11.7 Å². The minimum atomic E-state index is -1.94. The van der Waals surface area contributed by atoms with Crippen LogP contribution in [0.25, 0.3) is 10.9 Å². The molecule has 5 aromatic rings. The number of carboxylic acids is 1. The molecule has 2 aliphatic heterocycles. The lowest BCUT2D eigenvalue weighted by Gasteiger charge is -2.29. The second kappa shape index (κ2) is 38.6. The number of carbonyl (C=O) groups excluding carboxylic acids is 14. The van der Waals surface area contributed by atoms with Gasteiger partial charge in [-0.25, -0.2) is 4.98 Å². The van der Waals surface area contributed by atoms with Crippen LogP contribution in [0.1, 0.15) is 147 Å². The highest BCUT2D eigenvalue weighted by Crippen LogP contribution is 2.21. The SMILES string of the molecule is CCCCC1NC(=O)C2CCCCNC(=O)c3cc(cc(c3)C(=O)NC(C)C(=O)NC(Cc3ccccc3)C(=O)NC(Cc3c[nH]c4ccccc34)C(=O)N[C@H](C(C)O)C(=O)NC(CCC(=O)O)C(=O)N2)C(=O)NC[C@@H](C(N)=O)NC(=O)C(Cc2c[nH]cn2)NC(=O)C(C)NC(=O)C(CC(C)C)NC1=O. The molecule has 564 valence electrons. The number of hydrogen-bond acceptors (Lipinski definition) is 17. The standard InChI is InChI=1S/C71H93N17O17/c1-7-8-19-48-65(99)85-51(25-36(2)3)67(101)79-38(5)60(94)84-54(31-45-33-73-35-77-45)69(103)87-55(58(72)92)34-76-62(96)42-27-41-28-43(29-42)63(97)78-37(4)59(93)83-52(26-40-16-10-9-11-17-40)68(102)86-53(30-44-32-75-47-20-13-12-18-46(44)47)70(104)88-57(39(6)89)71(105)82-50(22-23-56(90)91)66(100)81-49(64(98)80-48)21-14-15-24-74-61(41)95/h9-13,16-18,20,27-29,32-33,35-39,48-55,57,75,89H,7-8,14-15,19,21-26,30-31,34H2,1-6H3,(H2,72,92)(H,73,77)(H,74,95)(H,76,96)(H,78,97)(H,79,101)(H,80,98)(H,81,100)(H,82,105)(H,83,93)(H,84,94)(H,85,99)(H,86,102)(H,87,103)(H,88,104)(H,90,91)/t37?,38?,39?,48?,49?,50?,51?,52?,53?,54?,55-,57+/m0/s1. The first-order valence-electron chi connectivity index (χ1n) is 34.8. The fourth-order valence-corrected chi connectivity index (χ4v) is 11.7. The van der Waals surface area contributed by atoms with Gasteiger partial charge in [0.2, 0.25) is 65.0 Å². The number of aliphatic hydroxyl groups excluding tert-OH is 1. The second-order valence-corrected chi connectivity index (χ2v) is 26.5. The number of H-pyrrole nitrogens is 2. The normalized spacial score (nSPS) is 24.3. The number of carboxylic acid groups (broad SMARTS) is 1. The lowest BCUT2D eigenvalue weighted by molar-refractivity contribution is -0.139. The number of aromatic amines is 2. The summed E-state index contributed by atoms with van der Waals surface area (Å²) in [5, 5.41) is 55.3. The Morgan fingerprint density at radius 3 is 1.73 bits per heavy atom. The number of para-hydroxylation sites is 1. The molecule has 10 unspecified atom stereocenters. The Hall–Kier alpha value is -11.6. The molecule has 2 aromatic heterocycles. The number of primary amides is 1. The molecule has 0 saturated carbocycles. The molecule has 34 nitrogen and oxygen atoms in total. The summed E-state index contributed by atoms with van der Waals surface area (Å²) in [6.07, 6.45) is 0.847. The molecule has 4 bridgehead atoms. The lowest BCUT2D eigenvalue weighted by Crippen LogP contribution is -2.62. The number of carbonyl (C=O) groups is 15. The summed E-state index contributed by atoms with van der Waals surface area (Å²) in [4.78, 5) is 224. The average Bonchev–Trinajstić information content (AvgIpc) is 1.75. The van der Waals surface area contributed by atoms with Gasteiger partial charge < -0.3 is 95.0 Å². The van der Waals surface area contributed by atoms with E-state index < -0.39 is 181 Å². The largest absolute Gasteiger partial charge is 0.481 e. The number of nitrogens with one attached hydrogen (secondary N) is 15. The first kappa shape index (κ1) is 80.7. The van der Waals surface area contributed by atoms with Gasteiger partial charge in [0, 0.05) is 78.8 Å². The zero-order valence-corrected chi connectivity index (χ0v) is 59.1. The number of fused-ring (bicyclic) bond motifs is 9. The van der Waals surface area contributed by atoms with E-state index in [0.29, 0.717) is 34.9 Å². The van der Waals surface area contributed by atoms with E-state index >= 15 is 0 Å². The molecule has 3 aromatic carbocycles. The summed E-state index contributed by atoms with van der Waals surface area (Å²) < 4.78 is 0. The lowest BCUT2D eigenvalue weighted by atomic mass is 10.0. The van der Waals surface area contributed by atoms with Gasteiger partial charge in [-0.2, -0.15) is 0 Å². The topological polar surface area (TPSA) is 523 Å². The first-order valence-corrected chi connectivity index (χ1v) is 34.8. The van der Waals surface area contributed by atoms with Crippen LogP contribution >= 0.6 is 0 Å².